The van der Waals surface area contributed by atoms with Crippen LogP contribution < -0.4 is 26.6 Å². The highest BCUT2D eigenvalue weighted by Crippen LogP contribution is 2.33. The summed E-state index contributed by atoms with van der Waals surface area (Å²) in [4.78, 5) is 87.1. The highest BCUT2D eigenvalue weighted by molar-refractivity contribution is 8.00. The Morgan fingerprint density at radius 2 is 1.15 bits per heavy atom. The van der Waals surface area contributed by atoms with Gasteiger partial charge in [-0.15, -0.1) is 5.06 Å². The van der Waals surface area contributed by atoms with E-state index < -0.39 is 17.8 Å². The molecule has 3 unspecified atom stereocenters. The third-order valence-corrected chi connectivity index (χ3v) is 9.97. The molecule has 0 aromatic rings. The van der Waals surface area contributed by atoms with Gasteiger partial charge in [0.05, 0.1) is 12.1 Å². The van der Waals surface area contributed by atoms with Gasteiger partial charge in [0.2, 0.25) is 17.7 Å². The van der Waals surface area contributed by atoms with Gasteiger partial charge >= 0.3 is 12.0 Å². The summed E-state index contributed by atoms with van der Waals surface area (Å²) in [5.41, 5.74) is 0. The standard InChI is InChI=1S/C32H52N6O8S/c39-25(13-5-2-10-20-35-27(41)15-8-7-12-24-31-23(22-47-24)36-32(45)37-31)33-19-9-1-4-14-26(40)34-21-11-3-6-16-30(44)46-38-28(42)17-18-29(38)43/h23-24,31H,1-22H2,(H,33,39)(H,34,40)(H,35,41)(H2,36,37,45). The number of thioether (sulfide) groups is 1. The molecule has 3 saturated heterocycles. The van der Waals surface area contributed by atoms with Gasteiger partial charge in [0.15, 0.2) is 0 Å². The quantitative estimate of drug-likeness (QED) is 0.0578. The first kappa shape index (κ1) is 38.1. The summed E-state index contributed by atoms with van der Waals surface area (Å²) in [7, 11) is 0. The van der Waals surface area contributed by atoms with Crippen molar-refractivity contribution in [2.75, 3.05) is 25.4 Å². The van der Waals surface area contributed by atoms with Crippen LogP contribution in [0, 0.1) is 0 Å². The summed E-state index contributed by atoms with van der Waals surface area (Å²) < 4.78 is 0. The fourth-order valence-corrected chi connectivity index (χ4v) is 7.32. The van der Waals surface area contributed by atoms with Crippen molar-refractivity contribution in [1.29, 1.82) is 0 Å². The van der Waals surface area contributed by atoms with Crippen molar-refractivity contribution >= 4 is 53.3 Å². The molecule has 3 fully saturated rings. The van der Waals surface area contributed by atoms with Gasteiger partial charge < -0.3 is 31.4 Å². The molecule has 15 heteroatoms. The number of unbranched alkanes of at least 4 members (excludes halogenated alkanes) is 7. The predicted molar refractivity (Wildman–Crippen MR) is 176 cm³/mol. The van der Waals surface area contributed by atoms with E-state index in [1.165, 1.54) is 0 Å². The van der Waals surface area contributed by atoms with Gasteiger partial charge in [-0.2, -0.15) is 11.8 Å². The Labute approximate surface area is 281 Å². The number of carbonyl (C=O) groups is 7. The molecule has 0 bridgehead atoms. The van der Waals surface area contributed by atoms with Crippen molar-refractivity contribution in [2.45, 2.75) is 133 Å². The average Bonchev–Trinajstić information content (AvgIpc) is 3.70. The van der Waals surface area contributed by atoms with E-state index in [-0.39, 0.29) is 55.1 Å². The Balaban J connectivity index is 1.02. The van der Waals surface area contributed by atoms with Crippen LogP contribution in [0.15, 0.2) is 0 Å². The zero-order valence-corrected chi connectivity index (χ0v) is 28.2. The van der Waals surface area contributed by atoms with Crippen molar-refractivity contribution < 1.29 is 38.4 Å². The number of urea groups is 1. The lowest BCUT2D eigenvalue weighted by atomic mass is 10.0. The van der Waals surface area contributed by atoms with Crippen molar-refractivity contribution in [2.24, 2.45) is 0 Å². The van der Waals surface area contributed by atoms with Gasteiger partial charge in [-0.25, -0.2) is 9.59 Å². The Hall–Kier alpha value is -3.36. The fourth-order valence-electron chi connectivity index (χ4n) is 5.77. The zero-order valence-electron chi connectivity index (χ0n) is 27.4. The molecule has 3 aliphatic rings. The van der Waals surface area contributed by atoms with Crippen molar-refractivity contribution in [3.8, 4) is 0 Å². The molecule has 0 radical (unpaired) electrons. The number of hydroxylamine groups is 2. The molecule has 0 saturated carbocycles. The number of hydrogen-bond acceptors (Lipinski definition) is 9. The number of fused-ring (bicyclic) bond motifs is 1. The number of carbonyl (C=O) groups excluding carboxylic acids is 7. The van der Waals surface area contributed by atoms with Gasteiger partial charge in [-0.05, 0) is 51.4 Å². The van der Waals surface area contributed by atoms with Crippen LogP contribution in [-0.2, 0) is 33.6 Å². The normalized spacial score (nSPS) is 20.0. The van der Waals surface area contributed by atoms with Gasteiger partial charge in [0.25, 0.3) is 11.8 Å². The maximum Gasteiger partial charge on any atom is 0.333 e. The SMILES string of the molecule is O=C(CCCCCNC(=O)CCCCCNC(=O)CCCCC1SCC2NC(=O)NC21)NCCCCCC(=O)ON1C(=O)CCC1=O. The van der Waals surface area contributed by atoms with Crippen LogP contribution >= 0.6 is 11.8 Å². The molecule has 3 aliphatic heterocycles. The van der Waals surface area contributed by atoms with E-state index in [9.17, 15) is 33.6 Å². The van der Waals surface area contributed by atoms with Crippen molar-refractivity contribution in [1.82, 2.24) is 31.6 Å². The first-order valence-electron chi connectivity index (χ1n) is 17.3. The minimum absolute atomic E-state index is 0.0218. The topological polar surface area (TPSA) is 192 Å². The Bertz CT molecular complexity index is 1080. The molecule has 5 N–H and O–H groups in total. The largest absolute Gasteiger partial charge is 0.356 e. The zero-order chi connectivity index (χ0) is 33.9. The van der Waals surface area contributed by atoms with E-state index in [2.05, 4.69) is 26.6 Å². The third kappa shape index (κ3) is 14.9. The number of nitrogens with one attached hydrogen (secondary N) is 5. The van der Waals surface area contributed by atoms with Gasteiger partial charge in [0.1, 0.15) is 0 Å². The first-order valence-corrected chi connectivity index (χ1v) is 18.3. The first-order chi connectivity index (χ1) is 22.7. The van der Waals surface area contributed by atoms with Crippen LogP contribution in [0.3, 0.4) is 0 Å². The Morgan fingerprint density at radius 1 is 0.660 bits per heavy atom. The summed E-state index contributed by atoms with van der Waals surface area (Å²) in [5, 5.41) is 15.7. The molecule has 264 valence electrons. The van der Waals surface area contributed by atoms with Crippen LogP contribution in [-0.4, -0.2) is 89.3 Å². The summed E-state index contributed by atoms with van der Waals surface area (Å²) in [5.74, 6) is -0.568. The Morgan fingerprint density at radius 3 is 1.68 bits per heavy atom. The maximum atomic E-state index is 12.1. The molecule has 0 aromatic heterocycles. The molecular formula is C32H52N6O8S. The van der Waals surface area contributed by atoms with E-state index in [0.717, 1.165) is 63.5 Å². The van der Waals surface area contributed by atoms with Gasteiger partial charge in [-0.1, -0.05) is 25.7 Å². The molecule has 7 amide bonds. The van der Waals surface area contributed by atoms with E-state index in [4.69, 9.17) is 4.84 Å². The van der Waals surface area contributed by atoms with Crippen molar-refractivity contribution in [3.05, 3.63) is 0 Å². The van der Waals surface area contributed by atoms with Crippen LogP contribution in [0.2, 0.25) is 0 Å². The third-order valence-electron chi connectivity index (χ3n) is 8.46. The lowest BCUT2D eigenvalue weighted by Gasteiger charge is -2.16. The highest BCUT2D eigenvalue weighted by Gasteiger charge is 2.42. The van der Waals surface area contributed by atoms with Crippen LogP contribution in [0.4, 0.5) is 4.79 Å². The molecule has 0 aromatic carbocycles. The second-order valence-electron chi connectivity index (χ2n) is 12.4. The molecule has 3 heterocycles. The summed E-state index contributed by atoms with van der Waals surface area (Å²) in [6, 6.07) is 0.379. The van der Waals surface area contributed by atoms with Crippen LogP contribution in [0.1, 0.15) is 116 Å². The monoisotopic (exact) mass is 680 g/mol. The molecule has 0 aliphatic carbocycles. The lowest BCUT2D eigenvalue weighted by molar-refractivity contribution is -0.197. The van der Waals surface area contributed by atoms with E-state index in [1.54, 1.807) is 0 Å². The molecule has 47 heavy (non-hydrogen) atoms. The van der Waals surface area contributed by atoms with E-state index in [1.807, 2.05) is 11.8 Å². The lowest BCUT2D eigenvalue weighted by Crippen LogP contribution is -2.36. The van der Waals surface area contributed by atoms with Gasteiger partial charge in [0, 0.05) is 69.2 Å². The number of amides is 7. The van der Waals surface area contributed by atoms with E-state index >= 15 is 0 Å². The predicted octanol–water partition coefficient (Wildman–Crippen LogP) is 2.35. The molecule has 0 spiro atoms. The van der Waals surface area contributed by atoms with Crippen LogP contribution in [0.5, 0.6) is 0 Å². The molecule has 3 rings (SSSR count). The average molecular weight is 681 g/mol. The molecule has 14 nitrogen and oxygen atoms in total. The van der Waals surface area contributed by atoms with Gasteiger partial charge in [-0.3, -0.25) is 24.0 Å². The molecular weight excluding hydrogens is 628 g/mol. The smallest absolute Gasteiger partial charge is 0.333 e. The summed E-state index contributed by atoms with van der Waals surface area (Å²) in [6.07, 6.45) is 11.3. The second-order valence-corrected chi connectivity index (χ2v) is 13.7. The minimum Gasteiger partial charge on any atom is -0.356 e. The summed E-state index contributed by atoms with van der Waals surface area (Å²) in [6.45, 7) is 1.73. The maximum absolute atomic E-state index is 12.1. The number of rotatable bonds is 24. The van der Waals surface area contributed by atoms with Crippen LogP contribution in [0.25, 0.3) is 0 Å². The Kier molecular flexibility index (Phi) is 17.4. The van der Waals surface area contributed by atoms with E-state index in [0.29, 0.717) is 68.5 Å². The summed E-state index contributed by atoms with van der Waals surface area (Å²) >= 11 is 1.89. The minimum atomic E-state index is -0.609. The second kappa shape index (κ2) is 21.5. The highest BCUT2D eigenvalue weighted by atomic mass is 32.2. The van der Waals surface area contributed by atoms with Crippen molar-refractivity contribution in [3.63, 3.8) is 0 Å². The number of hydrogen-bond donors (Lipinski definition) is 5. The molecule has 3 atom stereocenters. The number of nitrogens with zero attached hydrogens (tertiary/aromatic N) is 1. The number of imide groups is 1. The fraction of sp³-hybridized carbons (Fsp3) is 0.781.